The second kappa shape index (κ2) is 5.25. The number of thiophene rings is 1. The van der Waals surface area contributed by atoms with Gasteiger partial charge in [0.15, 0.2) is 0 Å². The highest BCUT2D eigenvalue weighted by Crippen LogP contribution is 2.10. The maximum Gasteiger partial charge on any atom is 0.331 e. The van der Waals surface area contributed by atoms with Gasteiger partial charge in [0.25, 0.3) is 0 Å². The number of ether oxygens (including phenoxy) is 1. The molecule has 0 aliphatic rings. The first-order chi connectivity index (χ1) is 7.38. The summed E-state index contributed by atoms with van der Waals surface area (Å²) in [5.74, 6) is -0.291. The van der Waals surface area contributed by atoms with Crippen molar-refractivity contribution in [3.8, 4) is 0 Å². The van der Waals surface area contributed by atoms with Crippen LogP contribution in [0.1, 0.15) is 32.6 Å². The first-order valence-corrected chi connectivity index (χ1v) is 6.06. The molecule has 0 spiro atoms. The third-order valence-electron chi connectivity index (χ3n) is 1.72. The van der Waals surface area contributed by atoms with Crippen LogP contribution in [-0.4, -0.2) is 23.8 Å². The Morgan fingerprint density at radius 1 is 1.56 bits per heavy atom. The van der Waals surface area contributed by atoms with E-state index < -0.39 is 11.6 Å². The van der Waals surface area contributed by atoms with E-state index in [4.69, 9.17) is 4.74 Å². The van der Waals surface area contributed by atoms with Crippen molar-refractivity contribution < 1.29 is 9.53 Å². The molecule has 0 aliphatic carbocycles. The fraction of sp³-hybridized carbons (Fsp3) is 0.500. The van der Waals surface area contributed by atoms with E-state index in [2.05, 4.69) is 4.99 Å². The van der Waals surface area contributed by atoms with Crippen LogP contribution in [0.15, 0.2) is 22.5 Å². The summed E-state index contributed by atoms with van der Waals surface area (Å²) >= 11 is 1.59. The molecule has 0 aliphatic heterocycles. The molecule has 1 heterocycles. The first-order valence-electron chi connectivity index (χ1n) is 5.18. The molecule has 0 saturated heterocycles. The third kappa shape index (κ3) is 4.57. The number of hydrogen-bond acceptors (Lipinski definition) is 4. The van der Waals surface area contributed by atoms with Crippen molar-refractivity contribution in [1.29, 1.82) is 0 Å². The van der Waals surface area contributed by atoms with Gasteiger partial charge in [0.2, 0.25) is 0 Å². The summed E-state index contributed by atoms with van der Waals surface area (Å²) in [6, 6.07) is 3.45. The van der Waals surface area contributed by atoms with Crippen molar-refractivity contribution in [1.82, 2.24) is 0 Å². The Balaban J connectivity index is 2.52. The Morgan fingerprint density at radius 2 is 2.25 bits per heavy atom. The highest BCUT2D eigenvalue weighted by molar-refractivity contribution is 7.11. The lowest BCUT2D eigenvalue weighted by Gasteiger charge is -2.20. The van der Waals surface area contributed by atoms with Crippen LogP contribution in [0, 0.1) is 0 Å². The molecule has 0 radical (unpaired) electrons. The Kier molecular flexibility index (Phi) is 4.24. The Hall–Kier alpha value is -1.16. The van der Waals surface area contributed by atoms with E-state index in [1.165, 1.54) is 0 Å². The molecule has 0 bridgehead atoms. The molecule has 0 N–H and O–H groups in total. The van der Waals surface area contributed by atoms with E-state index in [-0.39, 0.29) is 5.97 Å². The summed E-state index contributed by atoms with van der Waals surface area (Å²) in [7, 11) is 0. The molecular formula is C12H17NO2S. The van der Waals surface area contributed by atoms with Gasteiger partial charge in [-0.15, -0.1) is 11.3 Å². The molecule has 4 heteroatoms. The van der Waals surface area contributed by atoms with Crippen LogP contribution in [0.25, 0.3) is 0 Å². The number of carbonyl (C=O) groups is 1. The molecular weight excluding hydrogens is 222 g/mol. The van der Waals surface area contributed by atoms with Crippen LogP contribution in [0.4, 0.5) is 0 Å². The number of hydrogen-bond donors (Lipinski definition) is 0. The summed E-state index contributed by atoms with van der Waals surface area (Å²) in [4.78, 5) is 16.8. The standard InChI is InChI=1S/C12H17NO2S/c1-9(11(14)15-12(2,3)4)13-8-10-6-5-7-16-10/h5-9H,1-4H3/t9-/m0/s1. The van der Waals surface area contributed by atoms with Crippen molar-refractivity contribution in [2.45, 2.75) is 39.3 Å². The van der Waals surface area contributed by atoms with Gasteiger partial charge in [0, 0.05) is 11.1 Å². The molecule has 1 atom stereocenters. The normalized spacial score (nSPS) is 14.0. The van der Waals surface area contributed by atoms with Crippen molar-refractivity contribution >= 4 is 23.5 Å². The zero-order valence-electron chi connectivity index (χ0n) is 10.1. The summed E-state index contributed by atoms with van der Waals surface area (Å²) in [6.07, 6.45) is 1.71. The van der Waals surface area contributed by atoms with Crippen molar-refractivity contribution in [3.05, 3.63) is 22.4 Å². The molecule has 1 aromatic heterocycles. The van der Waals surface area contributed by atoms with Crippen LogP contribution < -0.4 is 0 Å². The minimum Gasteiger partial charge on any atom is -0.458 e. The van der Waals surface area contributed by atoms with Crippen molar-refractivity contribution in [3.63, 3.8) is 0 Å². The van der Waals surface area contributed by atoms with Crippen molar-refractivity contribution in [2.75, 3.05) is 0 Å². The van der Waals surface area contributed by atoms with Gasteiger partial charge >= 0.3 is 5.97 Å². The minimum absolute atomic E-state index is 0.291. The molecule has 0 aromatic carbocycles. The predicted octanol–water partition coefficient (Wildman–Crippen LogP) is 2.90. The van der Waals surface area contributed by atoms with Gasteiger partial charge in [-0.3, -0.25) is 4.99 Å². The molecule has 0 saturated carbocycles. The summed E-state index contributed by atoms with van der Waals surface area (Å²) in [6.45, 7) is 7.28. The molecule has 0 unspecified atom stereocenters. The quantitative estimate of drug-likeness (QED) is 0.601. The number of esters is 1. The third-order valence-corrected chi connectivity index (χ3v) is 2.52. The van der Waals surface area contributed by atoms with Gasteiger partial charge < -0.3 is 4.74 Å². The smallest absolute Gasteiger partial charge is 0.331 e. The average Bonchev–Trinajstić information content (AvgIpc) is 2.63. The maximum absolute atomic E-state index is 11.6. The van der Waals surface area contributed by atoms with Gasteiger partial charge in [-0.1, -0.05) is 6.07 Å². The highest BCUT2D eigenvalue weighted by Gasteiger charge is 2.20. The van der Waals surface area contributed by atoms with Crippen LogP contribution in [0.5, 0.6) is 0 Å². The second-order valence-electron chi connectivity index (χ2n) is 4.50. The van der Waals surface area contributed by atoms with Gasteiger partial charge in [-0.2, -0.15) is 0 Å². The van der Waals surface area contributed by atoms with E-state index in [0.29, 0.717) is 0 Å². The summed E-state index contributed by atoms with van der Waals surface area (Å²) in [5, 5.41) is 1.97. The van der Waals surface area contributed by atoms with Gasteiger partial charge in [-0.05, 0) is 39.1 Å². The zero-order valence-corrected chi connectivity index (χ0v) is 10.9. The topological polar surface area (TPSA) is 38.7 Å². The fourth-order valence-electron chi connectivity index (χ4n) is 0.998. The monoisotopic (exact) mass is 239 g/mol. The summed E-state index contributed by atoms with van der Waals surface area (Å²) < 4.78 is 5.22. The van der Waals surface area contributed by atoms with E-state index in [1.807, 2.05) is 38.3 Å². The lowest BCUT2D eigenvalue weighted by molar-refractivity contribution is -0.155. The molecule has 16 heavy (non-hydrogen) atoms. The van der Waals surface area contributed by atoms with Crippen LogP contribution in [0.2, 0.25) is 0 Å². The molecule has 0 amide bonds. The maximum atomic E-state index is 11.6. The van der Waals surface area contributed by atoms with E-state index in [1.54, 1.807) is 24.5 Å². The van der Waals surface area contributed by atoms with Crippen molar-refractivity contribution in [2.24, 2.45) is 4.99 Å². The number of carbonyl (C=O) groups excluding carboxylic acids is 1. The second-order valence-corrected chi connectivity index (χ2v) is 5.48. The number of rotatable bonds is 3. The van der Waals surface area contributed by atoms with Crippen LogP contribution >= 0.6 is 11.3 Å². The lowest BCUT2D eigenvalue weighted by atomic mass is 10.2. The van der Waals surface area contributed by atoms with Crippen LogP contribution in [-0.2, 0) is 9.53 Å². The number of aliphatic imine (C=N–C) groups is 1. The lowest BCUT2D eigenvalue weighted by Crippen LogP contribution is -2.29. The summed E-state index contributed by atoms with van der Waals surface area (Å²) in [5.41, 5.74) is -0.455. The Morgan fingerprint density at radius 3 is 2.75 bits per heavy atom. The Bertz CT molecular complexity index is 363. The molecule has 1 aromatic rings. The molecule has 0 fully saturated rings. The Labute approximate surface area is 100 Å². The van der Waals surface area contributed by atoms with E-state index in [0.717, 1.165) is 4.88 Å². The van der Waals surface area contributed by atoms with Gasteiger partial charge in [-0.25, -0.2) is 4.79 Å². The highest BCUT2D eigenvalue weighted by atomic mass is 32.1. The first kappa shape index (κ1) is 12.9. The minimum atomic E-state index is -0.457. The number of nitrogens with zero attached hydrogens (tertiary/aromatic N) is 1. The van der Waals surface area contributed by atoms with Crippen LogP contribution in [0.3, 0.4) is 0 Å². The predicted molar refractivity (Wildman–Crippen MR) is 67.2 cm³/mol. The average molecular weight is 239 g/mol. The van der Waals surface area contributed by atoms with Gasteiger partial charge in [0.1, 0.15) is 11.6 Å². The van der Waals surface area contributed by atoms with E-state index in [9.17, 15) is 4.79 Å². The molecule has 3 nitrogen and oxygen atoms in total. The largest absolute Gasteiger partial charge is 0.458 e. The fourth-order valence-corrected chi connectivity index (χ4v) is 1.59. The SMILES string of the molecule is C[C@H](N=Cc1cccs1)C(=O)OC(C)(C)C. The molecule has 1 rings (SSSR count). The zero-order chi connectivity index (χ0) is 12.2. The van der Waals surface area contributed by atoms with E-state index >= 15 is 0 Å². The van der Waals surface area contributed by atoms with Gasteiger partial charge in [0.05, 0.1) is 0 Å². The molecule has 88 valence electrons.